The highest BCUT2D eigenvalue weighted by Crippen LogP contribution is 2.54. The summed E-state index contributed by atoms with van der Waals surface area (Å²) in [6.45, 7) is 11.1. The van der Waals surface area contributed by atoms with Crippen molar-refractivity contribution in [2.75, 3.05) is 20.8 Å². The summed E-state index contributed by atoms with van der Waals surface area (Å²) in [4.78, 5) is 29.2. The van der Waals surface area contributed by atoms with E-state index in [1.54, 1.807) is 7.11 Å². The van der Waals surface area contributed by atoms with Crippen LogP contribution in [0.2, 0.25) is 0 Å². The first-order valence-corrected chi connectivity index (χ1v) is 11.5. The van der Waals surface area contributed by atoms with Crippen LogP contribution >= 0.6 is 0 Å². The summed E-state index contributed by atoms with van der Waals surface area (Å²) in [5.74, 6) is 1.23. The molecule has 5 heteroatoms. The van der Waals surface area contributed by atoms with Gasteiger partial charge < -0.3 is 14.4 Å². The molecule has 1 heterocycles. The van der Waals surface area contributed by atoms with E-state index in [1.165, 1.54) is 0 Å². The van der Waals surface area contributed by atoms with Crippen LogP contribution in [0.15, 0.2) is 40.7 Å². The van der Waals surface area contributed by atoms with Crippen LogP contribution in [0.5, 0.6) is 11.5 Å². The third kappa shape index (κ3) is 3.76. The summed E-state index contributed by atoms with van der Waals surface area (Å²) in [5, 5.41) is 0. The van der Waals surface area contributed by atoms with Crippen molar-refractivity contribution in [3.63, 3.8) is 0 Å². The number of methoxy groups -OCH3 is 1. The van der Waals surface area contributed by atoms with Gasteiger partial charge in [-0.15, -0.1) is 0 Å². The van der Waals surface area contributed by atoms with Gasteiger partial charge in [0.25, 0.3) is 0 Å². The fraction of sp³-hybridized carbons (Fsp3) is 0.556. The highest BCUT2D eigenvalue weighted by atomic mass is 16.5. The maximum absolute atomic E-state index is 13.5. The third-order valence-electron chi connectivity index (χ3n) is 7.00. The zero-order chi connectivity index (χ0) is 23.4. The molecule has 172 valence electrons. The van der Waals surface area contributed by atoms with Crippen molar-refractivity contribution in [1.29, 1.82) is 0 Å². The monoisotopic (exact) mass is 437 g/mol. The van der Waals surface area contributed by atoms with Crippen LogP contribution < -0.4 is 9.47 Å². The highest BCUT2D eigenvalue weighted by Gasteiger charge is 2.48. The molecule has 3 aliphatic rings. The average Bonchev–Trinajstić information content (AvgIpc) is 2.68. The first-order valence-electron chi connectivity index (χ1n) is 11.5. The molecular weight excluding hydrogens is 402 g/mol. The van der Waals surface area contributed by atoms with Crippen LogP contribution in [-0.4, -0.2) is 37.2 Å². The number of allylic oxidation sites excluding steroid dienone is 4. The molecule has 0 spiro atoms. The minimum absolute atomic E-state index is 0.0997. The van der Waals surface area contributed by atoms with Crippen molar-refractivity contribution >= 4 is 11.6 Å². The van der Waals surface area contributed by atoms with Gasteiger partial charge in [-0.2, -0.15) is 0 Å². The van der Waals surface area contributed by atoms with Gasteiger partial charge in [-0.25, -0.2) is 0 Å². The van der Waals surface area contributed by atoms with Crippen LogP contribution in [0, 0.1) is 10.8 Å². The van der Waals surface area contributed by atoms with Crippen molar-refractivity contribution in [3.05, 3.63) is 46.3 Å². The number of ketones is 2. The van der Waals surface area contributed by atoms with Gasteiger partial charge in [-0.05, 0) is 48.3 Å². The standard InChI is InChI=1S/C27H35NO4/c1-8-32-21-10-9-16(11-22(21)31-7)23-24-17(12-26(2,3)14-19(24)29)28(6)18-13-27(4,5)15-20(30)25(18)23/h9-11,23H,8,12-15H2,1-7H3. The Balaban J connectivity index is 1.94. The number of nitrogens with zero attached hydrogens (tertiary/aromatic N) is 1. The van der Waals surface area contributed by atoms with Gasteiger partial charge in [0.15, 0.2) is 23.1 Å². The van der Waals surface area contributed by atoms with E-state index < -0.39 is 0 Å². The van der Waals surface area contributed by atoms with Crippen LogP contribution in [0.25, 0.3) is 0 Å². The molecule has 0 atom stereocenters. The number of benzene rings is 1. The van der Waals surface area contributed by atoms with E-state index in [0.29, 0.717) is 30.9 Å². The van der Waals surface area contributed by atoms with Crippen molar-refractivity contribution in [2.45, 2.75) is 66.2 Å². The lowest BCUT2D eigenvalue weighted by Gasteiger charge is -2.47. The average molecular weight is 438 g/mol. The molecule has 4 rings (SSSR count). The zero-order valence-electron chi connectivity index (χ0n) is 20.4. The fourth-order valence-corrected chi connectivity index (χ4v) is 5.64. The largest absolute Gasteiger partial charge is 0.493 e. The molecular formula is C27H35NO4. The Morgan fingerprint density at radius 1 is 0.906 bits per heavy atom. The number of Topliss-reactive ketones (excluding diaryl/α,β-unsaturated/α-hetero) is 2. The molecule has 0 aromatic heterocycles. The molecule has 0 saturated carbocycles. The van der Waals surface area contributed by atoms with Gasteiger partial charge in [0.1, 0.15) is 0 Å². The molecule has 0 amide bonds. The summed E-state index contributed by atoms with van der Waals surface area (Å²) in [5.41, 5.74) is 4.41. The second-order valence-corrected chi connectivity index (χ2v) is 10.9. The van der Waals surface area contributed by atoms with E-state index in [4.69, 9.17) is 9.47 Å². The lowest BCUT2D eigenvalue weighted by atomic mass is 9.64. The Kier molecular flexibility index (Phi) is 5.51. The van der Waals surface area contributed by atoms with Gasteiger partial charge in [0.2, 0.25) is 0 Å². The molecule has 0 N–H and O–H groups in total. The minimum atomic E-state index is -0.354. The molecule has 1 aromatic rings. The van der Waals surface area contributed by atoms with Gasteiger partial charge in [0.05, 0.1) is 13.7 Å². The van der Waals surface area contributed by atoms with E-state index in [9.17, 15) is 9.59 Å². The second-order valence-electron chi connectivity index (χ2n) is 10.9. The van der Waals surface area contributed by atoms with Crippen molar-refractivity contribution in [1.82, 2.24) is 4.90 Å². The number of carbonyl (C=O) groups is 2. The molecule has 0 radical (unpaired) electrons. The normalized spacial score (nSPS) is 22.7. The number of ether oxygens (including phenoxy) is 2. The van der Waals surface area contributed by atoms with Crippen LogP contribution in [-0.2, 0) is 9.59 Å². The Hall–Kier alpha value is -2.56. The van der Waals surface area contributed by atoms with Crippen molar-refractivity contribution < 1.29 is 19.1 Å². The molecule has 5 nitrogen and oxygen atoms in total. The van der Waals surface area contributed by atoms with Crippen LogP contribution in [0.4, 0.5) is 0 Å². The summed E-state index contributed by atoms with van der Waals surface area (Å²) in [6.07, 6.45) is 2.63. The summed E-state index contributed by atoms with van der Waals surface area (Å²) in [6, 6.07) is 5.82. The number of hydrogen-bond acceptors (Lipinski definition) is 5. The summed E-state index contributed by atoms with van der Waals surface area (Å²) < 4.78 is 11.3. The Labute approximate surface area is 191 Å². The van der Waals surface area contributed by atoms with Gasteiger partial charge in [-0.1, -0.05) is 33.8 Å². The molecule has 32 heavy (non-hydrogen) atoms. The van der Waals surface area contributed by atoms with Crippen LogP contribution in [0.3, 0.4) is 0 Å². The maximum atomic E-state index is 13.5. The Morgan fingerprint density at radius 3 is 1.91 bits per heavy atom. The van der Waals surface area contributed by atoms with E-state index in [0.717, 1.165) is 40.9 Å². The second kappa shape index (κ2) is 7.79. The Morgan fingerprint density at radius 2 is 1.44 bits per heavy atom. The molecule has 0 fully saturated rings. The first-order chi connectivity index (χ1) is 15.0. The van der Waals surface area contributed by atoms with Gasteiger partial charge >= 0.3 is 0 Å². The highest BCUT2D eigenvalue weighted by molar-refractivity contribution is 6.06. The first kappa shape index (κ1) is 22.6. The molecule has 1 aromatic carbocycles. The zero-order valence-corrected chi connectivity index (χ0v) is 20.4. The number of rotatable bonds is 4. The van der Waals surface area contributed by atoms with E-state index in [2.05, 4.69) is 32.6 Å². The molecule has 0 bridgehead atoms. The summed E-state index contributed by atoms with van der Waals surface area (Å²) in [7, 11) is 3.65. The van der Waals surface area contributed by atoms with Crippen LogP contribution in [0.1, 0.15) is 71.8 Å². The quantitative estimate of drug-likeness (QED) is 0.630. The third-order valence-corrected chi connectivity index (χ3v) is 7.00. The number of hydrogen-bond donors (Lipinski definition) is 0. The molecule has 1 aliphatic heterocycles. The molecule has 0 saturated heterocycles. The Bertz CT molecular complexity index is 990. The van der Waals surface area contributed by atoms with Gasteiger partial charge in [-0.3, -0.25) is 9.59 Å². The topological polar surface area (TPSA) is 55.8 Å². The lowest BCUT2D eigenvalue weighted by molar-refractivity contribution is -0.119. The SMILES string of the molecule is CCOc1ccc(C2C3=C(CC(C)(C)CC3=O)N(C)C3=C2C(=O)CC(C)(C)C3)cc1OC. The minimum Gasteiger partial charge on any atom is -0.493 e. The predicted molar refractivity (Wildman–Crippen MR) is 125 cm³/mol. The smallest absolute Gasteiger partial charge is 0.162 e. The maximum Gasteiger partial charge on any atom is 0.162 e. The molecule has 2 aliphatic carbocycles. The predicted octanol–water partition coefficient (Wildman–Crippen LogP) is 5.41. The van der Waals surface area contributed by atoms with Gasteiger partial charge in [0, 0.05) is 48.3 Å². The van der Waals surface area contributed by atoms with E-state index in [-0.39, 0.29) is 28.3 Å². The number of carbonyl (C=O) groups excluding carboxylic acids is 2. The molecule has 0 unspecified atom stereocenters. The van der Waals surface area contributed by atoms with E-state index in [1.807, 2.05) is 32.2 Å². The lowest BCUT2D eigenvalue weighted by Crippen LogP contribution is -2.43. The fourth-order valence-electron chi connectivity index (χ4n) is 5.64. The van der Waals surface area contributed by atoms with Crippen molar-refractivity contribution in [3.8, 4) is 11.5 Å². The summed E-state index contributed by atoms with van der Waals surface area (Å²) >= 11 is 0. The van der Waals surface area contributed by atoms with Crippen molar-refractivity contribution in [2.24, 2.45) is 10.8 Å². The van der Waals surface area contributed by atoms with E-state index >= 15 is 0 Å².